The average molecular weight is 341 g/mol. The summed E-state index contributed by atoms with van der Waals surface area (Å²) in [6.07, 6.45) is 7.00. The van der Waals surface area contributed by atoms with Crippen LogP contribution in [0.2, 0.25) is 0 Å². The lowest BCUT2D eigenvalue weighted by Crippen LogP contribution is -2.53. The van der Waals surface area contributed by atoms with Crippen molar-refractivity contribution in [1.29, 1.82) is 0 Å². The Morgan fingerprint density at radius 2 is 1.80 bits per heavy atom. The zero-order chi connectivity index (χ0) is 17.2. The molecule has 0 spiro atoms. The Kier molecular flexibility index (Phi) is 4.98. The largest absolute Gasteiger partial charge is 0.371 e. The van der Waals surface area contributed by atoms with Gasteiger partial charge in [0, 0.05) is 37.9 Å². The molecule has 25 heavy (non-hydrogen) atoms. The molecule has 1 N–H and O–H groups in total. The van der Waals surface area contributed by atoms with E-state index in [9.17, 15) is 4.79 Å². The van der Waals surface area contributed by atoms with Crippen molar-refractivity contribution in [3.05, 3.63) is 30.3 Å². The topological polar surface area (TPSA) is 35.6 Å². The Bertz CT molecular complexity index is 578. The maximum atomic E-state index is 13.1. The number of benzene rings is 1. The van der Waals surface area contributed by atoms with Gasteiger partial charge in [0.2, 0.25) is 5.91 Å². The molecular formula is C21H31N3O. The van der Waals surface area contributed by atoms with Crippen LogP contribution in [0.5, 0.6) is 0 Å². The van der Waals surface area contributed by atoms with Crippen LogP contribution in [-0.4, -0.2) is 49.6 Å². The highest BCUT2D eigenvalue weighted by Crippen LogP contribution is 2.39. The van der Waals surface area contributed by atoms with Gasteiger partial charge in [-0.05, 0) is 63.1 Å². The number of likely N-dealkylation sites (tertiary alicyclic amines) is 1. The van der Waals surface area contributed by atoms with E-state index >= 15 is 0 Å². The van der Waals surface area contributed by atoms with Crippen LogP contribution >= 0.6 is 0 Å². The second-order valence-electron chi connectivity index (χ2n) is 8.07. The van der Waals surface area contributed by atoms with Crippen molar-refractivity contribution in [2.45, 2.75) is 50.6 Å². The van der Waals surface area contributed by atoms with Crippen LogP contribution in [0.4, 0.5) is 5.69 Å². The van der Waals surface area contributed by atoms with Crippen LogP contribution in [0.3, 0.4) is 0 Å². The number of anilines is 1. The van der Waals surface area contributed by atoms with E-state index in [-0.39, 0.29) is 5.92 Å². The number of hydrogen-bond acceptors (Lipinski definition) is 3. The van der Waals surface area contributed by atoms with Gasteiger partial charge in [-0.2, -0.15) is 0 Å². The summed E-state index contributed by atoms with van der Waals surface area (Å²) in [4.78, 5) is 17.7. The highest BCUT2D eigenvalue weighted by Gasteiger charge is 2.42. The zero-order valence-electron chi connectivity index (χ0n) is 15.4. The lowest BCUT2D eigenvalue weighted by Gasteiger charge is -2.41. The third kappa shape index (κ3) is 3.69. The summed E-state index contributed by atoms with van der Waals surface area (Å²) in [5.74, 6) is 1.41. The Morgan fingerprint density at radius 3 is 2.48 bits per heavy atom. The van der Waals surface area contributed by atoms with E-state index < -0.39 is 0 Å². The smallest absolute Gasteiger partial charge is 0.227 e. The van der Waals surface area contributed by atoms with Crippen LogP contribution in [0.25, 0.3) is 0 Å². The van der Waals surface area contributed by atoms with Gasteiger partial charge in [0.1, 0.15) is 0 Å². The van der Waals surface area contributed by atoms with Crippen molar-refractivity contribution in [2.75, 3.05) is 31.6 Å². The van der Waals surface area contributed by atoms with Gasteiger partial charge < -0.3 is 15.1 Å². The van der Waals surface area contributed by atoms with Crippen molar-refractivity contribution in [3.8, 4) is 0 Å². The number of carbonyl (C=O) groups is 1. The molecule has 2 heterocycles. The number of para-hydroxylation sites is 1. The Hall–Kier alpha value is -1.55. The average Bonchev–Trinajstić information content (AvgIpc) is 3.53. The van der Waals surface area contributed by atoms with E-state index in [4.69, 9.17) is 0 Å². The number of rotatable bonds is 4. The predicted molar refractivity (Wildman–Crippen MR) is 102 cm³/mol. The van der Waals surface area contributed by atoms with Crippen molar-refractivity contribution in [2.24, 2.45) is 11.8 Å². The van der Waals surface area contributed by atoms with E-state index in [0.29, 0.717) is 18.0 Å². The first-order valence-electron chi connectivity index (χ1n) is 10.0. The third-order valence-electron chi connectivity index (χ3n) is 6.44. The number of amides is 1. The Morgan fingerprint density at radius 1 is 1.08 bits per heavy atom. The van der Waals surface area contributed by atoms with Crippen LogP contribution in [0.15, 0.2) is 30.3 Å². The Labute approximate surface area is 151 Å². The summed E-state index contributed by atoms with van der Waals surface area (Å²) in [6.45, 7) is 2.91. The fourth-order valence-electron chi connectivity index (χ4n) is 4.72. The third-order valence-corrected chi connectivity index (χ3v) is 6.44. The van der Waals surface area contributed by atoms with Crippen LogP contribution in [0.1, 0.15) is 38.5 Å². The van der Waals surface area contributed by atoms with Gasteiger partial charge in [-0.25, -0.2) is 0 Å². The maximum absolute atomic E-state index is 13.1. The molecule has 136 valence electrons. The molecule has 2 atom stereocenters. The molecule has 3 aliphatic rings. The van der Waals surface area contributed by atoms with Gasteiger partial charge in [0.25, 0.3) is 0 Å². The number of nitrogens with one attached hydrogen (secondary N) is 1. The molecule has 0 unspecified atom stereocenters. The predicted octanol–water partition coefficient (Wildman–Crippen LogP) is 2.89. The van der Waals surface area contributed by atoms with E-state index in [1.54, 1.807) is 0 Å². The minimum atomic E-state index is 0.227. The van der Waals surface area contributed by atoms with Gasteiger partial charge in [-0.3, -0.25) is 4.79 Å². The van der Waals surface area contributed by atoms with Gasteiger partial charge in [0.05, 0.1) is 5.92 Å². The van der Waals surface area contributed by atoms with E-state index in [2.05, 4.69) is 52.5 Å². The molecule has 4 heteroatoms. The molecule has 2 aliphatic heterocycles. The van der Waals surface area contributed by atoms with Crippen LogP contribution in [-0.2, 0) is 4.79 Å². The minimum absolute atomic E-state index is 0.227. The summed E-state index contributed by atoms with van der Waals surface area (Å²) in [5.41, 5.74) is 1.28. The summed E-state index contributed by atoms with van der Waals surface area (Å²) in [6, 6.07) is 11.6. The van der Waals surface area contributed by atoms with E-state index in [0.717, 1.165) is 51.2 Å². The molecule has 0 bridgehead atoms. The van der Waals surface area contributed by atoms with Gasteiger partial charge in [-0.15, -0.1) is 0 Å². The number of hydrogen-bond donors (Lipinski definition) is 1. The van der Waals surface area contributed by atoms with Crippen LogP contribution < -0.4 is 10.2 Å². The summed E-state index contributed by atoms with van der Waals surface area (Å²) < 4.78 is 0. The minimum Gasteiger partial charge on any atom is -0.371 e. The van der Waals surface area contributed by atoms with Crippen molar-refractivity contribution in [3.63, 3.8) is 0 Å². The summed E-state index contributed by atoms with van der Waals surface area (Å²) in [5, 5.41) is 3.64. The molecule has 0 aromatic heterocycles. The first-order valence-corrected chi connectivity index (χ1v) is 10.0. The monoisotopic (exact) mass is 341 g/mol. The standard InChI is InChI=1S/C21H31N3O/c1-23(17-6-3-2-4-7-17)18-11-14-24(15-12-18)21(25)19-8-5-13-22-20(19)16-9-10-16/h2-4,6-7,16,18-20,22H,5,8-15H2,1H3/t19-,20-/m1/s1. The molecule has 1 amide bonds. The number of carbonyl (C=O) groups excluding carboxylic acids is 1. The molecule has 1 aliphatic carbocycles. The first kappa shape index (κ1) is 16.9. The zero-order valence-corrected chi connectivity index (χ0v) is 15.4. The van der Waals surface area contributed by atoms with E-state index in [1.807, 2.05) is 0 Å². The summed E-state index contributed by atoms with van der Waals surface area (Å²) >= 11 is 0. The van der Waals surface area contributed by atoms with Crippen molar-refractivity contribution >= 4 is 11.6 Å². The second kappa shape index (κ2) is 7.36. The Balaban J connectivity index is 1.34. The second-order valence-corrected chi connectivity index (χ2v) is 8.07. The van der Waals surface area contributed by atoms with Crippen molar-refractivity contribution < 1.29 is 4.79 Å². The fourth-order valence-corrected chi connectivity index (χ4v) is 4.72. The summed E-state index contributed by atoms with van der Waals surface area (Å²) in [7, 11) is 2.19. The molecule has 2 saturated heterocycles. The highest BCUT2D eigenvalue weighted by molar-refractivity contribution is 5.80. The molecule has 1 saturated carbocycles. The molecule has 1 aromatic carbocycles. The molecule has 3 fully saturated rings. The quantitative estimate of drug-likeness (QED) is 0.915. The molecule has 0 radical (unpaired) electrons. The normalized spacial score (nSPS) is 28.0. The molecule has 4 nitrogen and oxygen atoms in total. The number of nitrogens with zero attached hydrogens (tertiary/aromatic N) is 2. The first-order chi connectivity index (χ1) is 12.2. The molecular weight excluding hydrogens is 310 g/mol. The number of piperidine rings is 2. The highest BCUT2D eigenvalue weighted by atomic mass is 16.2. The fraction of sp³-hybridized carbons (Fsp3) is 0.667. The lowest BCUT2D eigenvalue weighted by atomic mass is 9.86. The van der Waals surface area contributed by atoms with Crippen molar-refractivity contribution in [1.82, 2.24) is 10.2 Å². The van der Waals surface area contributed by atoms with Gasteiger partial charge >= 0.3 is 0 Å². The maximum Gasteiger partial charge on any atom is 0.227 e. The molecule has 4 rings (SSSR count). The van der Waals surface area contributed by atoms with E-state index in [1.165, 1.54) is 18.5 Å². The molecule has 1 aromatic rings. The lowest BCUT2D eigenvalue weighted by molar-refractivity contribution is -0.138. The van der Waals surface area contributed by atoms with Gasteiger partial charge in [0.15, 0.2) is 0 Å². The van der Waals surface area contributed by atoms with Gasteiger partial charge in [-0.1, -0.05) is 18.2 Å². The SMILES string of the molecule is CN(c1ccccc1)C1CCN(C(=O)[C@@H]2CCCN[C@@H]2C2CC2)CC1. The van der Waals surface area contributed by atoms with Crippen LogP contribution in [0, 0.1) is 11.8 Å².